The van der Waals surface area contributed by atoms with E-state index in [-0.39, 0.29) is 48.9 Å². The second-order valence-electron chi connectivity index (χ2n) is 15.0. The number of urea groups is 1. The summed E-state index contributed by atoms with van der Waals surface area (Å²) in [6.45, 7) is 7.70. The van der Waals surface area contributed by atoms with Crippen LogP contribution in [0.3, 0.4) is 0 Å². The van der Waals surface area contributed by atoms with E-state index in [0.717, 1.165) is 53.5 Å². The molecule has 0 aromatic heterocycles. The normalized spacial score (nSPS) is 17.1. The molecular formula is C41H50N8O6. The Bertz CT molecular complexity index is 1860. The highest BCUT2D eigenvalue weighted by Gasteiger charge is 2.31. The van der Waals surface area contributed by atoms with E-state index >= 15 is 0 Å². The van der Waals surface area contributed by atoms with Gasteiger partial charge in [0.15, 0.2) is 0 Å². The second kappa shape index (κ2) is 18.9. The van der Waals surface area contributed by atoms with Crippen LogP contribution in [0.1, 0.15) is 81.0 Å². The standard InChI is InChI=1S/C41H50N8O6/c1-26-13-15-27(16-14-26)22-43-38(51)29-19-17-28(18-20-29)23-44-39(52)48-47-36(24-45-49-42)35(21-37(50)55-41(2,3)4)46-40(53)54-25-34-32-11-7-5-9-30(32)31-10-6-8-12-33(31)34/h5-16,28-29,34-35H,17-25H2,1-4H3,(H,43,51)(H,46,53)(H2,44,48,52)/b47-36+/t28?,29?,35-/m0/s1. The van der Waals surface area contributed by atoms with Crippen molar-refractivity contribution in [3.63, 3.8) is 0 Å². The first kappa shape index (κ1) is 40.3. The van der Waals surface area contributed by atoms with Crippen molar-refractivity contribution < 1.29 is 28.7 Å². The smallest absolute Gasteiger partial charge is 0.407 e. The summed E-state index contributed by atoms with van der Waals surface area (Å²) in [6, 6.07) is 22.2. The fraction of sp³-hybridized carbons (Fsp3) is 0.439. The van der Waals surface area contributed by atoms with Crippen LogP contribution in [0.15, 0.2) is 83.0 Å². The van der Waals surface area contributed by atoms with Gasteiger partial charge in [-0.15, -0.1) is 0 Å². The Labute approximate surface area is 321 Å². The zero-order valence-corrected chi connectivity index (χ0v) is 31.8. The van der Waals surface area contributed by atoms with Gasteiger partial charge in [-0.25, -0.2) is 15.0 Å². The fourth-order valence-electron chi connectivity index (χ4n) is 6.98. The van der Waals surface area contributed by atoms with Crippen LogP contribution in [-0.4, -0.2) is 61.1 Å². The summed E-state index contributed by atoms with van der Waals surface area (Å²) in [5, 5.41) is 16.3. The molecule has 2 aliphatic carbocycles. The molecule has 0 aliphatic heterocycles. The number of nitrogens with one attached hydrogen (secondary N) is 4. The highest BCUT2D eigenvalue weighted by atomic mass is 16.6. The molecule has 5 rings (SSSR count). The lowest BCUT2D eigenvalue weighted by molar-refractivity contribution is -0.155. The van der Waals surface area contributed by atoms with Crippen LogP contribution in [-0.2, 0) is 25.6 Å². The lowest BCUT2D eigenvalue weighted by Crippen LogP contribution is -2.46. The number of ether oxygens (including phenoxy) is 2. The number of carbonyl (C=O) groups excluding carboxylic acids is 4. The Morgan fingerprint density at radius 2 is 1.53 bits per heavy atom. The molecule has 0 bridgehead atoms. The maximum Gasteiger partial charge on any atom is 0.407 e. The van der Waals surface area contributed by atoms with Gasteiger partial charge in [0.2, 0.25) is 5.91 Å². The molecular weight excluding hydrogens is 701 g/mol. The third-order valence-corrected chi connectivity index (χ3v) is 9.78. The van der Waals surface area contributed by atoms with Crippen molar-refractivity contribution in [1.82, 2.24) is 21.4 Å². The summed E-state index contributed by atoms with van der Waals surface area (Å²) in [5.74, 6) is -0.698. The molecule has 290 valence electrons. The fourth-order valence-corrected chi connectivity index (χ4v) is 6.98. The SMILES string of the molecule is Cc1ccc(CNC(=O)C2CCC(CNC(=O)N/N=C(\CN=[N+]=[N-])[C@H](CC(=O)OC(C)(C)C)NC(=O)OCC3c4ccccc4-c4ccccc43)CC2)cc1. The largest absolute Gasteiger partial charge is 0.460 e. The van der Waals surface area contributed by atoms with Gasteiger partial charge in [0.05, 0.1) is 24.7 Å². The molecule has 1 saturated carbocycles. The number of benzene rings is 3. The van der Waals surface area contributed by atoms with E-state index in [1.807, 2.05) is 79.7 Å². The number of nitrogens with zero attached hydrogens (tertiary/aromatic N) is 4. The van der Waals surface area contributed by atoms with E-state index in [1.54, 1.807) is 20.8 Å². The highest BCUT2D eigenvalue weighted by Crippen LogP contribution is 2.44. The maximum absolute atomic E-state index is 13.3. The zero-order chi connectivity index (χ0) is 39.4. The number of amides is 4. The molecule has 1 atom stereocenters. The molecule has 0 heterocycles. The minimum absolute atomic E-state index is 0.0180. The Morgan fingerprint density at radius 3 is 2.15 bits per heavy atom. The molecule has 4 N–H and O–H groups in total. The highest BCUT2D eigenvalue weighted by molar-refractivity contribution is 5.97. The Kier molecular flexibility index (Phi) is 13.9. The average Bonchev–Trinajstić information content (AvgIpc) is 3.48. The number of hydrazone groups is 1. The summed E-state index contributed by atoms with van der Waals surface area (Å²) >= 11 is 0. The van der Waals surface area contributed by atoms with Gasteiger partial charge in [0.25, 0.3) is 0 Å². The summed E-state index contributed by atoms with van der Waals surface area (Å²) in [6.07, 6.45) is 1.79. The number of aryl methyl sites for hydroxylation is 1. The van der Waals surface area contributed by atoms with Gasteiger partial charge in [0, 0.05) is 29.8 Å². The molecule has 3 aromatic rings. The third kappa shape index (κ3) is 11.8. The quantitative estimate of drug-likeness (QED) is 0.0341. The molecule has 14 heteroatoms. The van der Waals surface area contributed by atoms with E-state index in [9.17, 15) is 19.2 Å². The van der Waals surface area contributed by atoms with Crippen molar-refractivity contribution in [2.24, 2.45) is 22.1 Å². The number of carbonyl (C=O) groups is 4. The third-order valence-electron chi connectivity index (χ3n) is 9.78. The van der Waals surface area contributed by atoms with E-state index in [4.69, 9.17) is 15.0 Å². The van der Waals surface area contributed by atoms with Crippen molar-refractivity contribution in [2.75, 3.05) is 19.7 Å². The van der Waals surface area contributed by atoms with Gasteiger partial charge < -0.3 is 25.4 Å². The molecule has 0 unspecified atom stereocenters. The van der Waals surface area contributed by atoms with Gasteiger partial charge in [-0.2, -0.15) is 5.10 Å². The number of rotatable bonds is 14. The Morgan fingerprint density at radius 1 is 0.891 bits per heavy atom. The van der Waals surface area contributed by atoms with E-state index < -0.39 is 29.7 Å². The second-order valence-corrected chi connectivity index (χ2v) is 15.0. The summed E-state index contributed by atoms with van der Waals surface area (Å²) in [7, 11) is 0. The number of hydrogen-bond acceptors (Lipinski definition) is 8. The van der Waals surface area contributed by atoms with Crippen LogP contribution in [0.2, 0.25) is 0 Å². The number of alkyl carbamates (subject to hydrolysis) is 1. The van der Waals surface area contributed by atoms with E-state index in [0.29, 0.717) is 13.1 Å². The molecule has 4 amide bonds. The van der Waals surface area contributed by atoms with Gasteiger partial charge in [-0.3, -0.25) is 9.59 Å². The molecule has 2 aliphatic rings. The minimum atomic E-state index is -1.14. The Balaban J connectivity index is 1.16. The number of fused-ring (bicyclic) bond motifs is 3. The lowest BCUT2D eigenvalue weighted by atomic mass is 9.81. The monoisotopic (exact) mass is 750 g/mol. The number of hydrogen-bond donors (Lipinski definition) is 4. The summed E-state index contributed by atoms with van der Waals surface area (Å²) in [4.78, 5) is 54.7. The maximum atomic E-state index is 13.3. The predicted octanol–water partition coefficient (Wildman–Crippen LogP) is 7.02. The predicted molar refractivity (Wildman–Crippen MR) is 209 cm³/mol. The van der Waals surface area contributed by atoms with Crippen LogP contribution in [0, 0.1) is 18.8 Å². The summed E-state index contributed by atoms with van der Waals surface area (Å²) in [5.41, 5.74) is 17.2. The summed E-state index contributed by atoms with van der Waals surface area (Å²) < 4.78 is 11.2. The first-order valence-electron chi connectivity index (χ1n) is 18.7. The van der Waals surface area contributed by atoms with Gasteiger partial charge in [-0.1, -0.05) is 83.5 Å². The molecule has 0 saturated heterocycles. The lowest BCUT2D eigenvalue weighted by Gasteiger charge is -2.28. The van der Waals surface area contributed by atoms with Crippen LogP contribution in [0.5, 0.6) is 0 Å². The van der Waals surface area contributed by atoms with Crippen molar-refractivity contribution >= 4 is 29.7 Å². The Hall–Kier alpha value is -5.88. The minimum Gasteiger partial charge on any atom is -0.460 e. The first-order chi connectivity index (χ1) is 26.4. The zero-order valence-electron chi connectivity index (χ0n) is 31.8. The van der Waals surface area contributed by atoms with Gasteiger partial charge in [0.1, 0.15) is 12.2 Å². The van der Waals surface area contributed by atoms with Crippen molar-refractivity contribution in [3.05, 3.63) is 105 Å². The van der Waals surface area contributed by atoms with Gasteiger partial charge in [-0.05, 0) is 92.6 Å². The molecule has 1 fully saturated rings. The van der Waals surface area contributed by atoms with Crippen molar-refractivity contribution in [1.29, 1.82) is 0 Å². The first-order valence-corrected chi connectivity index (χ1v) is 18.7. The van der Waals surface area contributed by atoms with Crippen LogP contribution in [0.4, 0.5) is 9.59 Å². The molecule has 14 nitrogen and oxygen atoms in total. The van der Waals surface area contributed by atoms with E-state index in [1.165, 1.54) is 5.56 Å². The van der Waals surface area contributed by atoms with Crippen LogP contribution in [0.25, 0.3) is 21.6 Å². The molecule has 0 spiro atoms. The van der Waals surface area contributed by atoms with Crippen LogP contribution >= 0.6 is 0 Å². The molecule has 0 radical (unpaired) electrons. The van der Waals surface area contributed by atoms with E-state index in [2.05, 4.69) is 36.5 Å². The average molecular weight is 751 g/mol. The topological polar surface area (TPSA) is 196 Å². The molecule has 3 aromatic carbocycles. The van der Waals surface area contributed by atoms with Crippen molar-refractivity contribution in [2.45, 2.75) is 83.9 Å². The van der Waals surface area contributed by atoms with Gasteiger partial charge >= 0.3 is 18.1 Å². The number of azide groups is 1. The van der Waals surface area contributed by atoms with Crippen LogP contribution < -0.4 is 21.4 Å². The number of esters is 1. The van der Waals surface area contributed by atoms with Crippen molar-refractivity contribution in [3.8, 4) is 11.1 Å². The molecule has 55 heavy (non-hydrogen) atoms.